The van der Waals surface area contributed by atoms with E-state index in [-0.39, 0.29) is 36.9 Å². The minimum absolute atomic E-state index is 0.177. The Kier molecular flexibility index (Phi) is 10.6. The SMILES string of the molecule is COc1ccc(CN2C(=O)CCN(c3ccc(/C=C4/CCC(=O)N(CC5CCN(C(=O)OC(C)(C)C)CC5)CC4)cc3C)C2=O)cc1. The molecule has 0 aliphatic carbocycles. The van der Waals surface area contributed by atoms with Crippen LogP contribution in [0.25, 0.3) is 6.08 Å². The molecule has 0 bridgehead atoms. The summed E-state index contributed by atoms with van der Waals surface area (Å²) in [6.45, 7) is 10.9. The Morgan fingerprint density at radius 3 is 2.28 bits per heavy atom. The number of hydrogen-bond donors (Lipinski definition) is 0. The average molecular weight is 645 g/mol. The summed E-state index contributed by atoms with van der Waals surface area (Å²) in [6, 6.07) is 13.1. The van der Waals surface area contributed by atoms with E-state index in [0.717, 1.165) is 60.4 Å². The number of methoxy groups -OCH3 is 1. The molecule has 5 rings (SSSR count). The highest BCUT2D eigenvalue weighted by atomic mass is 16.6. The molecule has 3 heterocycles. The molecular formula is C37H48N4O6. The van der Waals surface area contributed by atoms with Crippen LogP contribution in [0.15, 0.2) is 48.0 Å². The molecule has 0 radical (unpaired) electrons. The molecule has 3 aliphatic heterocycles. The summed E-state index contributed by atoms with van der Waals surface area (Å²) < 4.78 is 10.7. The van der Waals surface area contributed by atoms with Crippen molar-refractivity contribution >= 4 is 35.7 Å². The fourth-order valence-corrected chi connectivity index (χ4v) is 6.52. The summed E-state index contributed by atoms with van der Waals surface area (Å²) in [5.74, 6) is 1.11. The lowest BCUT2D eigenvalue weighted by Gasteiger charge is -2.35. The van der Waals surface area contributed by atoms with Crippen molar-refractivity contribution in [1.82, 2.24) is 14.7 Å². The highest BCUT2D eigenvalue weighted by Gasteiger charge is 2.34. The normalized spacial score (nSPS) is 19.3. The number of ether oxygens (including phenoxy) is 2. The monoisotopic (exact) mass is 644 g/mol. The fourth-order valence-electron chi connectivity index (χ4n) is 6.52. The van der Waals surface area contributed by atoms with Gasteiger partial charge in [0, 0.05) is 51.3 Å². The molecule has 2 aromatic rings. The van der Waals surface area contributed by atoms with Crippen LogP contribution in [0.1, 0.15) is 76.0 Å². The van der Waals surface area contributed by atoms with Gasteiger partial charge in [-0.05, 0) is 100 Å². The predicted molar refractivity (Wildman–Crippen MR) is 181 cm³/mol. The van der Waals surface area contributed by atoms with E-state index in [1.165, 1.54) is 10.5 Å². The van der Waals surface area contributed by atoms with Gasteiger partial charge in [0.25, 0.3) is 0 Å². The predicted octanol–water partition coefficient (Wildman–Crippen LogP) is 6.41. The van der Waals surface area contributed by atoms with Crippen LogP contribution in [0.2, 0.25) is 0 Å². The molecule has 2 aromatic carbocycles. The number of urea groups is 1. The molecule has 0 saturated carbocycles. The van der Waals surface area contributed by atoms with E-state index < -0.39 is 5.60 Å². The lowest BCUT2D eigenvalue weighted by molar-refractivity contribution is -0.131. The number of likely N-dealkylation sites (tertiary alicyclic amines) is 2. The molecule has 0 N–H and O–H groups in total. The lowest BCUT2D eigenvalue weighted by Crippen LogP contribution is -2.52. The third-order valence-electron chi connectivity index (χ3n) is 9.15. The number of benzene rings is 2. The zero-order valence-electron chi connectivity index (χ0n) is 28.4. The van der Waals surface area contributed by atoms with Gasteiger partial charge >= 0.3 is 12.1 Å². The molecule has 0 atom stereocenters. The third kappa shape index (κ3) is 8.73. The maximum absolute atomic E-state index is 13.5. The molecule has 3 fully saturated rings. The van der Waals surface area contributed by atoms with Crippen LogP contribution in [0, 0.1) is 12.8 Å². The molecule has 5 amide bonds. The Hall–Kier alpha value is -4.34. The van der Waals surface area contributed by atoms with Gasteiger partial charge in [0.2, 0.25) is 11.8 Å². The van der Waals surface area contributed by atoms with Crippen molar-refractivity contribution in [2.24, 2.45) is 5.92 Å². The number of nitrogens with zero attached hydrogens (tertiary/aromatic N) is 4. The minimum atomic E-state index is -0.507. The van der Waals surface area contributed by atoms with Crippen molar-refractivity contribution in [3.8, 4) is 5.75 Å². The van der Waals surface area contributed by atoms with Gasteiger partial charge in [-0.25, -0.2) is 9.59 Å². The molecule has 3 saturated heterocycles. The number of carbonyl (C=O) groups is 4. The summed E-state index contributed by atoms with van der Waals surface area (Å²) in [5, 5.41) is 0. The van der Waals surface area contributed by atoms with Gasteiger partial charge in [-0.15, -0.1) is 0 Å². The number of aryl methyl sites for hydroxylation is 1. The first kappa shape index (κ1) is 34.0. The Labute approximate surface area is 278 Å². The standard InChI is InChI=1S/C37H48N4O6/c1-26-22-30(8-12-32(26)40-21-17-34(43)41(35(40)44)25-28-6-10-31(46-5)11-7-28)23-27-9-13-33(42)39(20-14-27)24-29-15-18-38(19-16-29)36(45)47-37(2,3)4/h6-8,10-12,22-23,29H,9,13-21,24-25H2,1-5H3/b27-23-. The number of imide groups is 1. The molecule has 0 aromatic heterocycles. The van der Waals surface area contributed by atoms with E-state index in [9.17, 15) is 19.2 Å². The summed E-state index contributed by atoms with van der Waals surface area (Å²) in [4.78, 5) is 58.5. The van der Waals surface area contributed by atoms with Crippen LogP contribution in [-0.4, -0.2) is 84.1 Å². The highest BCUT2D eigenvalue weighted by molar-refractivity contribution is 6.06. The Balaban J connectivity index is 1.17. The van der Waals surface area contributed by atoms with Gasteiger partial charge in [0.15, 0.2) is 0 Å². The number of piperidine rings is 1. The summed E-state index contributed by atoms with van der Waals surface area (Å²) in [7, 11) is 1.60. The molecular weight excluding hydrogens is 596 g/mol. The van der Waals surface area contributed by atoms with Crippen LogP contribution in [0.5, 0.6) is 5.75 Å². The molecule has 0 spiro atoms. The summed E-state index contributed by atoms with van der Waals surface area (Å²) in [5.41, 5.74) is 4.37. The van der Waals surface area contributed by atoms with Crippen LogP contribution in [-0.2, 0) is 20.9 Å². The number of amides is 5. The van der Waals surface area contributed by atoms with Crippen LogP contribution in [0.4, 0.5) is 15.3 Å². The smallest absolute Gasteiger partial charge is 0.410 e. The van der Waals surface area contributed by atoms with E-state index in [4.69, 9.17) is 9.47 Å². The Morgan fingerprint density at radius 2 is 1.62 bits per heavy atom. The molecule has 252 valence electrons. The Morgan fingerprint density at radius 1 is 0.894 bits per heavy atom. The van der Waals surface area contributed by atoms with Crippen LogP contribution < -0.4 is 9.64 Å². The maximum Gasteiger partial charge on any atom is 0.410 e. The van der Waals surface area contributed by atoms with E-state index in [2.05, 4.69) is 12.1 Å². The second kappa shape index (κ2) is 14.6. The first-order chi connectivity index (χ1) is 22.4. The van der Waals surface area contributed by atoms with Crippen molar-refractivity contribution in [3.05, 3.63) is 64.7 Å². The highest BCUT2D eigenvalue weighted by Crippen LogP contribution is 2.29. The van der Waals surface area contributed by atoms with E-state index in [0.29, 0.717) is 38.5 Å². The number of hydrogen-bond acceptors (Lipinski definition) is 6. The number of rotatable bonds is 7. The fraction of sp³-hybridized carbons (Fsp3) is 0.514. The second-order valence-electron chi connectivity index (χ2n) is 13.9. The first-order valence-electron chi connectivity index (χ1n) is 16.7. The van der Waals surface area contributed by atoms with Crippen molar-refractivity contribution in [3.63, 3.8) is 0 Å². The van der Waals surface area contributed by atoms with Gasteiger partial charge in [0.1, 0.15) is 11.4 Å². The van der Waals surface area contributed by atoms with Crippen molar-refractivity contribution < 1.29 is 28.7 Å². The minimum Gasteiger partial charge on any atom is -0.497 e. The zero-order chi connectivity index (χ0) is 33.7. The number of anilines is 1. The molecule has 47 heavy (non-hydrogen) atoms. The summed E-state index contributed by atoms with van der Waals surface area (Å²) >= 11 is 0. The van der Waals surface area contributed by atoms with E-state index in [1.54, 1.807) is 16.9 Å². The van der Waals surface area contributed by atoms with E-state index >= 15 is 0 Å². The van der Waals surface area contributed by atoms with Gasteiger partial charge in [-0.2, -0.15) is 0 Å². The van der Waals surface area contributed by atoms with Crippen molar-refractivity contribution in [2.45, 2.75) is 78.4 Å². The van der Waals surface area contributed by atoms with Crippen molar-refractivity contribution in [1.29, 1.82) is 0 Å². The van der Waals surface area contributed by atoms with Gasteiger partial charge in [-0.3, -0.25) is 19.4 Å². The second-order valence-corrected chi connectivity index (χ2v) is 13.9. The maximum atomic E-state index is 13.5. The average Bonchev–Trinajstić information content (AvgIpc) is 3.20. The number of carbonyl (C=O) groups excluding carboxylic acids is 4. The lowest BCUT2D eigenvalue weighted by atomic mass is 9.96. The quantitative estimate of drug-likeness (QED) is 0.346. The summed E-state index contributed by atoms with van der Waals surface area (Å²) in [6.07, 6.45) is 5.93. The van der Waals surface area contributed by atoms with Gasteiger partial charge < -0.3 is 19.3 Å². The van der Waals surface area contributed by atoms with Crippen LogP contribution in [0.3, 0.4) is 0 Å². The third-order valence-corrected chi connectivity index (χ3v) is 9.15. The molecule has 10 heteroatoms. The van der Waals surface area contributed by atoms with E-state index in [1.807, 2.05) is 69.0 Å². The first-order valence-corrected chi connectivity index (χ1v) is 16.7. The van der Waals surface area contributed by atoms with Gasteiger partial charge in [-0.1, -0.05) is 29.8 Å². The molecule has 10 nitrogen and oxygen atoms in total. The van der Waals surface area contributed by atoms with Gasteiger partial charge in [0.05, 0.1) is 13.7 Å². The van der Waals surface area contributed by atoms with Crippen molar-refractivity contribution in [2.75, 3.05) is 44.7 Å². The molecule has 0 unspecified atom stereocenters. The van der Waals surface area contributed by atoms with Crippen LogP contribution >= 0.6 is 0 Å². The molecule has 3 aliphatic rings. The topological polar surface area (TPSA) is 99.7 Å². The Bertz CT molecular complexity index is 1500. The largest absolute Gasteiger partial charge is 0.497 e. The zero-order valence-corrected chi connectivity index (χ0v) is 28.4.